The number of nitrogens with one attached hydrogen (secondary N) is 3. The van der Waals surface area contributed by atoms with Crippen molar-refractivity contribution in [3.63, 3.8) is 0 Å². The van der Waals surface area contributed by atoms with Gasteiger partial charge in [0.15, 0.2) is 5.69 Å². The Bertz CT molecular complexity index is 833. The first-order valence-corrected chi connectivity index (χ1v) is 9.29. The van der Waals surface area contributed by atoms with Crippen molar-refractivity contribution in [2.45, 2.75) is 25.1 Å². The van der Waals surface area contributed by atoms with E-state index < -0.39 is 28.7 Å². The van der Waals surface area contributed by atoms with Gasteiger partial charge in [-0.15, -0.1) is 11.3 Å². The van der Waals surface area contributed by atoms with Gasteiger partial charge in [-0.05, 0) is 37.1 Å². The van der Waals surface area contributed by atoms with Crippen LogP contribution < -0.4 is 16.0 Å². The molecule has 2 aromatic rings. The zero-order valence-corrected chi connectivity index (χ0v) is 15.3. The lowest BCUT2D eigenvalue weighted by atomic mass is 10.2. The maximum atomic E-state index is 12.9. The normalized spacial score (nSPS) is 16.6. The minimum Gasteiger partial charge on any atom is -0.376 e. The molecular weight excluding hydrogens is 397 g/mol. The first kappa shape index (κ1) is 20.1. The number of rotatable bonds is 5. The van der Waals surface area contributed by atoms with Crippen molar-refractivity contribution < 1.29 is 27.5 Å². The fraction of sp³-hybridized carbons (Fsp3) is 0.353. The van der Waals surface area contributed by atoms with Gasteiger partial charge < -0.3 is 20.7 Å². The molecule has 1 atom stereocenters. The minimum atomic E-state index is -4.64. The van der Waals surface area contributed by atoms with E-state index in [1.807, 2.05) is 0 Å². The number of alkyl halides is 3. The summed E-state index contributed by atoms with van der Waals surface area (Å²) in [4.78, 5) is 26.4. The van der Waals surface area contributed by atoms with Crippen molar-refractivity contribution in [2.24, 2.45) is 0 Å². The summed E-state index contributed by atoms with van der Waals surface area (Å²) in [6, 6.07) is 5.57. The number of amides is 3. The third-order valence-corrected chi connectivity index (χ3v) is 4.83. The molecule has 7 nitrogen and oxygen atoms in total. The Hall–Kier alpha value is -2.66. The number of hydrogen-bond donors (Lipinski definition) is 3. The largest absolute Gasteiger partial charge is 0.427 e. The van der Waals surface area contributed by atoms with Gasteiger partial charge in [-0.1, -0.05) is 0 Å². The van der Waals surface area contributed by atoms with Crippen molar-refractivity contribution in [3.8, 4) is 0 Å². The molecule has 1 unspecified atom stereocenters. The second-order valence-corrected chi connectivity index (χ2v) is 6.88. The summed E-state index contributed by atoms with van der Waals surface area (Å²) in [6.45, 7) is 1.11. The fourth-order valence-electron chi connectivity index (χ4n) is 2.62. The van der Waals surface area contributed by atoms with Crippen LogP contribution in [0.2, 0.25) is 0 Å². The summed E-state index contributed by atoms with van der Waals surface area (Å²) in [7, 11) is 0. The molecule has 150 valence electrons. The molecule has 3 amide bonds. The van der Waals surface area contributed by atoms with E-state index in [1.165, 1.54) is 24.3 Å². The molecule has 1 aliphatic rings. The maximum absolute atomic E-state index is 12.9. The second kappa shape index (κ2) is 8.57. The minimum absolute atomic E-state index is 0.0237. The Morgan fingerprint density at radius 3 is 2.46 bits per heavy atom. The standard InChI is InChI=1S/C17H17F3N4O3S/c18-17(19,20)14-13(22-9-28-14)15(25)23-10-3-5-11(6-4-10)24-16(26)21-8-12-2-1-7-27-12/h3-6,9,12H,1-2,7-8H2,(H,23,25)(H2,21,24,26). The number of carbonyl (C=O) groups is 2. The molecule has 1 saturated heterocycles. The smallest absolute Gasteiger partial charge is 0.376 e. The van der Waals surface area contributed by atoms with Crippen LogP contribution in [0, 0.1) is 0 Å². The molecule has 0 bridgehead atoms. The highest BCUT2D eigenvalue weighted by molar-refractivity contribution is 7.10. The van der Waals surface area contributed by atoms with Gasteiger partial charge in [0.1, 0.15) is 4.88 Å². The van der Waals surface area contributed by atoms with Crippen molar-refractivity contribution in [2.75, 3.05) is 23.8 Å². The molecule has 3 rings (SSSR count). The molecule has 2 heterocycles. The first-order valence-electron chi connectivity index (χ1n) is 8.41. The van der Waals surface area contributed by atoms with E-state index in [-0.39, 0.29) is 11.8 Å². The fourth-order valence-corrected chi connectivity index (χ4v) is 3.28. The topological polar surface area (TPSA) is 92.4 Å². The maximum Gasteiger partial charge on any atom is 0.427 e. The summed E-state index contributed by atoms with van der Waals surface area (Å²) in [5.74, 6) is -0.955. The monoisotopic (exact) mass is 414 g/mol. The second-order valence-electron chi connectivity index (χ2n) is 6.03. The highest BCUT2D eigenvalue weighted by atomic mass is 32.1. The van der Waals surface area contributed by atoms with E-state index in [2.05, 4.69) is 20.9 Å². The molecule has 3 N–H and O–H groups in total. The Kier molecular flexibility index (Phi) is 6.15. The average Bonchev–Trinajstić information content (AvgIpc) is 3.33. The van der Waals surface area contributed by atoms with Crippen LogP contribution in [0.25, 0.3) is 0 Å². The van der Waals surface area contributed by atoms with E-state index in [4.69, 9.17) is 4.74 Å². The van der Waals surface area contributed by atoms with Gasteiger partial charge in [0.2, 0.25) is 0 Å². The number of urea groups is 1. The molecule has 0 radical (unpaired) electrons. The number of benzene rings is 1. The number of halogens is 3. The summed E-state index contributed by atoms with van der Waals surface area (Å²) >= 11 is 0.358. The molecule has 0 saturated carbocycles. The Morgan fingerprint density at radius 2 is 1.86 bits per heavy atom. The van der Waals surface area contributed by atoms with Gasteiger partial charge in [0.25, 0.3) is 5.91 Å². The van der Waals surface area contributed by atoms with Crippen LogP contribution in [0.5, 0.6) is 0 Å². The molecule has 0 aliphatic carbocycles. The number of anilines is 2. The highest BCUT2D eigenvalue weighted by Gasteiger charge is 2.38. The Morgan fingerprint density at radius 1 is 1.18 bits per heavy atom. The number of hydrogen-bond acceptors (Lipinski definition) is 5. The van der Waals surface area contributed by atoms with Crippen LogP contribution in [0.15, 0.2) is 29.8 Å². The molecule has 1 aromatic carbocycles. The molecule has 1 fully saturated rings. The lowest BCUT2D eigenvalue weighted by Gasteiger charge is -2.12. The van der Waals surface area contributed by atoms with E-state index in [1.54, 1.807) is 0 Å². The molecule has 28 heavy (non-hydrogen) atoms. The van der Waals surface area contributed by atoms with E-state index in [9.17, 15) is 22.8 Å². The summed E-state index contributed by atoms with van der Waals surface area (Å²) < 4.78 is 44.0. The van der Waals surface area contributed by atoms with Gasteiger partial charge in [0, 0.05) is 24.5 Å². The van der Waals surface area contributed by atoms with Gasteiger partial charge in [0.05, 0.1) is 11.6 Å². The van der Waals surface area contributed by atoms with Crippen molar-refractivity contribution >= 4 is 34.6 Å². The molecule has 1 aliphatic heterocycles. The van der Waals surface area contributed by atoms with Crippen LogP contribution in [-0.4, -0.2) is 36.2 Å². The lowest BCUT2D eigenvalue weighted by molar-refractivity contribution is -0.134. The summed E-state index contributed by atoms with van der Waals surface area (Å²) in [5, 5.41) is 7.69. The van der Waals surface area contributed by atoms with Crippen LogP contribution in [0.4, 0.5) is 29.3 Å². The SMILES string of the molecule is O=C(NCC1CCCO1)Nc1ccc(NC(=O)c2ncsc2C(F)(F)F)cc1. The van der Waals surface area contributed by atoms with E-state index in [0.29, 0.717) is 30.2 Å². The molecule has 11 heteroatoms. The molecule has 1 aromatic heterocycles. The lowest BCUT2D eigenvalue weighted by Crippen LogP contribution is -2.35. The number of thiazole rings is 1. The average molecular weight is 414 g/mol. The number of ether oxygens (including phenoxy) is 1. The molecule has 0 spiro atoms. The van der Waals surface area contributed by atoms with Crippen LogP contribution in [0.1, 0.15) is 28.2 Å². The first-order chi connectivity index (χ1) is 13.3. The highest BCUT2D eigenvalue weighted by Crippen LogP contribution is 2.35. The van der Waals surface area contributed by atoms with Crippen molar-refractivity contribution in [3.05, 3.63) is 40.3 Å². The third-order valence-electron chi connectivity index (χ3n) is 3.95. The zero-order chi connectivity index (χ0) is 20.1. The predicted octanol–water partition coefficient (Wildman–Crippen LogP) is 3.71. The Balaban J connectivity index is 1.53. The van der Waals surface area contributed by atoms with Gasteiger partial charge in [-0.3, -0.25) is 4.79 Å². The van der Waals surface area contributed by atoms with Gasteiger partial charge >= 0.3 is 12.2 Å². The third kappa shape index (κ3) is 5.20. The zero-order valence-electron chi connectivity index (χ0n) is 14.5. The Labute approximate surface area is 162 Å². The number of carbonyl (C=O) groups excluding carboxylic acids is 2. The number of aromatic nitrogens is 1. The van der Waals surface area contributed by atoms with E-state index in [0.717, 1.165) is 18.4 Å². The van der Waals surface area contributed by atoms with Crippen LogP contribution in [-0.2, 0) is 10.9 Å². The van der Waals surface area contributed by atoms with Crippen molar-refractivity contribution in [1.82, 2.24) is 10.3 Å². The van der Waals surface area contributed by atoms with Gasteiger partial charge in [-0.25, -0.2) is 9.78 Å². The van der Waals surface area contributed by atoms with Crippen LogP contribution >= 0.6 is 11.3 Å². The van der Waals surface area contributed by atoms with Crippen LogP contribution in [0.3, 0.4) is 0 Å². The molecular formula is C17H17F3N4O3S. The summed E-state index contributed by atoms with van der Waals surface area (Å²) in [5.41, 5.74) is 1.04. The quantitative estimate of drug-likeness (QED) is 0.695. The van der Waals surface area contributed by atoms with Gasteiger partial charge in [-0.2, -0.15) is 13.2 Å². The number of nitrogens with zero attached hydrogens (tertiary/aromatic N) is 1. The predicted molar refractivity (Wildman–Crippen MR) is 97.5 cm³/mol. The van der Waals surface area contributed by atoms with Crippen molar-refractivity contribution in [1.29, 1.82) is 0 Å². The van der Waals surface area contributed by atoms with E-state index >= 15 is 0 Å². The summed E-state index contributed by atoms with van der Waals surface area (Å²) in [6.07, 6.45) is -2.73.